The van der Waals surface area contributed by atoms with E-state index in [1.807, 2.05) is 0 Å². The fraction of sp³-hybridized carbons (Fsp3) is 0.273. The largest absolute Gasteiger partial charge is 0.452 e. The Morgan fingerprint density at radius 2 is 1.87 bits per heavy atom. The molecule has 0 aromatic heterocycles. The van der Waals surface area contributed by atoms with E-state index in [9.17, 15) is 19.2 Å². The number of esters is 1. The van der Waals surface area contributed by atoms with Gasteiger partial charge in [0.1, 0.15) is 0 Å². The molecule has 31 heavy (non-hydrogen) atoms. The quantitative estimate of drug-likeness (QED) is 0.640. The summed E-state index contributed by atoms with van der Waals surface area (Å²) in [6, 6.07) is 11.7. The lowest BCUT2D eigenvalue weighted by atomic mass is 10.1. The van der Waals surface area contributed by atoms with Crippen molar-refractivity contribution in [2.75, 3.05) is 29.9 Å². The predicted octanol–water partition coefficient (Wildman–Crippen LogP) is 2.69. The standard InChI is InChI=1S/C22H22ClN3O5/c1-14-16(23)7-4-8-17(14)25-19(27)12-24-20(28)13-31-22(30)15-6-2-3-9-18(15)26-11-5-10-21(26)29/h2-4,6-9H,5,10-13H2,1H3,(H,24,28)(H,25,27). The first-order valence-electron chi connectivity index (χ1n) is 9.75. The lowest BCUT2D eigenvalue weighted by Gasteiger charge is -2.18. The van der Waals surface area contributed by atoms with E-state index >= 15 is 0 Å². The summed E-state index contributed by atoms with van der Waals surface area (Å²) in [6.07, 6.45) is 1.16. The van der Waals surface area contributed by atoms with Crippen LogP contribution in [-0.4, -0.2) is 43.4 Å². The molecule has 0 spiro atoms. The molecular formula is C22H22ClN3O5. The highest BCUT2D eigenvalue weighted by Gasteiger charge is 2.26. The second-order valence-corrected chi connectivity index (χ2v) is 7.39. The molecule has 2 N–H and O–H groups in total. The first-order chi connectivity index (χ1) is 14.9. The Labute approximate surface area is 184 Å². The number of benzene rings is 2. The van der Waals surface area contributed by atoms with Gasteiger partial charge in [0.25, 0.3) is 5.91 Å². The number of carbonyl (C=O) groups is 4. The second-order valence-electron chi connectivity index (χ2n) is 6.98. The van der Waals surface area contributed by atoms with Crippen molar-refractivity contribution in [2.45, 2.75) is 19.8 Å². The molecule has 9 heteroatoms. The van der Waals surface area contributed by atoms with E-state index in [2.05, 4.69) is 10.6 Å². The number of nitrogens with zero attached hydrogens (tertiary/aromatic N) is 1. The van der Waals surface area contributed by atoms with Crippen LogP contribution in [0.15, 0.2) is 42.5 Å². The van der Waals surface area contributed by atoms with Crippen molar-refractivity contribution in [3.63, 3.8) is 0 Å². The lowest BCUT2D eigenvalue weighted by Crippen LogP contribution is -2.35. The molecule has 0 radical (unpaired) electrons. The zero-order chi connectivity index (χ0) is 22.4. The maximum atomic E-state index is 12.5. The van der Waals surface area contributed by atoms with Gasteiger partial charge < -0.3 is 20.3 Å². The number of rotatable bonds is 7. The monoisotopic (exact) mass is 443 g/mol. The Hall–Kier alpha value is -3.39. The topological polar surface area (TPSA) is 105 Å². The van der Waals surface area contributed by atoms with Crippen molar-refractivity contribution in [3.05, 3.63) is 58.6 Å². The first-order valence-corrected chi connectivity index (χ1v) is 10.1. The Kier molecular flexibility index (Phi) is 7.25. The van der Waals surface area contributed by atoms with Crippen LogP contribution in [0.4, 0.5) is 11.4 Å². The smallest absolute Gasteiger partial charge is 0.340 e. The third-order valence-electron chi connectivity index (χ3n) is 4.81. The summed E-state index contributed by atoms with van der Waals surface area (Å²) in [6.45, 7) is 1.46. The molecule has 1 heterocycles. The van der Waals surface area contributed by atoms with Gasteiger partial charge in [0.15, 0.2) is 6.61 Å². The van der Waals surface area contributed by atoms with E-state index in [1.165, 1.54) is 0 Å². The van der Waals surface area contributed by atoms with Crippen LogP contribution in [-0.2, 0) is 19.1 Å². The van der Waals surface area contributed by atoms with Gasteiger partial charge >= 0.3 is 5.97 Å². The van der Waals surface area contributed by atoms with Gasteiger partial charge in [0.2, 0.25) is 11.8 Å². The van der Waals surface area contributed by atoms with Crippen LogP contribution in [0.5, 0.6) is 0 Å². The van der Waals surface area contributed by atoms with Gasteiger partial charge in [0, 0.05) is 23.7 Å². The molecule has 3 amide bonds. The summed E-state index contributed by atoms with van der Waals surface area (Å²) in [7, 11) is 0. The van der Waals surface area contributed by atoms with Gasteiger partial charge in [-0.1, -0.05) is 29.8 Å². The number of ether oxygens (including phenoxy) is 1. The summed E-state index contributed by atoms with van der Waals surface area (Å²) in [5, 5.41) is 5.57. The molecule has 2 aromatic rings. The van der Waals surface area contributed by atoms with Crippen LogP contribution in [0, 0.1) is 6.92 Å². The Morgan fingerprint density at radius 1 is 1.10 bits per heavy atom. The molecule has 1 aliphatic heterocycles. The van der Waals surface area contributed by atoms with Gasteiger partial charge in [-0.3, -0.25) is 14.4 Å². The SMILES string of the molecule is Cc1c(Cl)cccc1NC(=O)CNC(=O)COC(=O)c1ccccc1N1CCCC1=O. The third-order valence-corrected chi connectivity index (χ3v) is 5.22. The third kappa shape index (κ3) is 5.61. The highest BCUT2D eigenvalue weighted by molar-refractivity contribution is 6.31. The van der Waals surface area contributed by atoms with E-state index in [0.717, 1.165) is 6.42 Å². The predicted molar refractivity (Wildman–Crippen MR) is 116 cm³/mol. The molecule has 1 saturated heterocycles. The van der Waals surface area contributed by atoms with Crippen molar-refractivity contribution < 1.29 is 23.9 Å². The number of nitrogens with one attached hydrogen (secondary N) is 2. The number of carbonyl (C=O) groups excluding carboxylic acids is 4. The van der Waals surface area contributed by atoms with Gasteiger partial charge in [-0.15, -0.1) is 0 Å². The van der Waals surface area contributed by atoms with Gasteiger partial charge in [-0.2, -0.15) is 0 Å². The summed E-state index contributed by atoms with van der Waals surface area (Å²) in [5.74, 6) is -1.84. The van der Waals surface area contributed by atoms with Gasteiger partial charge in [0.05, 0.1) is 17.8 Å². The number of para-hydroxylation sites is 1. The van der Waals surface area contributed by atoms with Crippen molar-refractivity contribution >= 4 is 46.7 Å². The van der Waals surface area contributed by atoms with Crippen LogP contribution in [0.25, 0.3) is 0 Å². The number of anilines is 2. The maximum Gasteiger partial charge on any atom is 0.340 e. The Balaban J connectivity index is 1.50. The van der Waals surface area contributed by atoms with E-state index in [1.54, 1.807) is 54.3 Å². The summed E-state index contributed by atoms with van der Waals surface area (Å²) < 4.78 is 5.07. The molecule has 0 unspecified atom stereocenters. The van der Waals surface area contributed by atoms with Gasteiger partial charge in [-0.05, 0) is 43.2 Å². The van der Waals surface area contributed by atoms with Crippen LogP contribution >= 0.6 is 11.6 Å². The fourth-order valence-corrected chi connectivity index (χ4v) is 3.34. The van der Waals surface area contributed by atoms with E-state index in [-0.39, 0.29) is 18.0 Å². The van der Waals surface area contributed by atoms with Crippen molar-refractivity contribution in [1.82, 2.24) is 5.32 Å². The van der Waals surface area contributed by atoms with E-state index in [4.69, 9.17) is 16.3 Å². The number of hydrogen-bond donors (Lipinski definition) is 2. The average molecular weight is 444 g/mol. The maximum absolute atomic E-state index is 12.5. The van der Waals surface area contributed by atoms with Crippen LogP contribution in [0.3, 0.4) is 0 Å². The fourth-order valence-electron chi connectivity index (χ4n) is 3.16. The number of hydrogen-bond acceptors (Lipinski definition) is 5. The molecule has 1 aliphatic rings. The highest BCUT2D eigenvalue weighted by Crippen LogP contribution is 2.26. The molecule has 0 bridgehead atoms. The van der Waals surface area contributed by atoms with Crippen molar-refractivity contribution in [3.8, 4) is 0 Å². The molecule has 8 nitrogen and oxygen atoms in total. The summed E-state index contributed by atoms with van der Waals surface area (Å²) in [5.41, 5.74) is 1.94. The Bertz CT molecular complexity index is 1020. The zero-order valence-electron chi connectivity index (χ0n) is 16.9. The van der Waals surface area contributed by atoms with Crippen molar-refractivity contribution in [1.29, 1.82) is 0 Å². The first kappa shape index (κ1) is 22.3. The summed E-state index contributed by atoms with van der Waals surface area (Å²) >= 11 is 6.02. The lowest BCUT2D eigenvalue weighted by molar-refractivity contribution is -0.126. The van der Waals surface area contributed by atoms with E-state index in [0.29, 0.717) is 34.9 Å². The average Bonchev–Trinajstić information content (AvgIpc) is 3.19. The molecular weight excluding hydrogens is 422 g/mol. The van der Waals surface area contributed by atoms with Crippen molar-refractivity contribution in [2.24, 2.45) is 0 Å². The second kappa shape index (κ2) is 10.1. The summed E-state index contributed by atoms with van der Waals surface area (Å²) in [4.78, 5) is 50.0. The van der Waals surface area contributed by atoms with E-state index < -0.39 is 24.4 Å². The molecule has 1 fully saturated rings. The minimum atomic E-state index is -0.718. The molecule has 162 valence electrons. The molecule has 3 rings (SSSR count). The minimum absolute atomic E-state index is 0.0565. The number of amides is 3. The molecule has 0 saturated carbocycles. The van der Waals surface area contributed by atoms with Gasteiger partial charge in [-0.25, -0.2) is 4.79 Å². The molecule has 0 aliphatic carbocycles. The molecule has 2 aromatic carbocycles. The van der Waals surface area contributed by atoms with Crippen LogP contribution in [0.2, 0.25) is 5.02 Å². The highest BCUT2D eigenvalue weighted by atomic mass is 35.5. The normalized spacial score (nSPS) is 13.1. The molecule has 0 atom stereocenters. The number of halogens is 1. The Morgan fingerprint density at radius 3 is 2.61 bits per heavy atom. The minimum Gasteiger partial charge on any atom is -0.452 e. The van der Waals surface area contributed by atoms with Crippen LogP contribution < -0.4 is 15.5 Å². The van der Waals surface area contributed by atoms with Crippen LogP contribution in [0.1, 0.15) is 28.8 Å². The zero-order valence-corrected chi connectivity index (χ0v) is 17.7.